The van der Waals surface area contributed by atoms with E-state index in [1.807, 2.05) is 0 Å². The highest BCUT2D eigenvalue weighted by molar-refractivity contribution is 5.91. The summed E-state index contributed by atoms with van der Waals surface area (Å²) in [5, 5.41) is 12.9. The van der Waals surface area contributed by atoms with Gasteiger partial charge in [0.2, 0.25) is 0 Å². The van der Waals surface area contributed by atoms with Gasteiger partial charge >= 0.3 is 0 Å². The third-order valence-corrected chi connectivity index (χ3v) is 4.61. The number of carbonyl (C=O) groups excluding carboxylic acids is 1. The second-order valence-corrected chi connectivity index (χ2v) is 6.01. The van der Waals surface area contributed by atoms with Crippen molar-refractivity contribution in [1.29, 1.82) is 0 Å². The van der Waals surface area contributed by atoms with E-state index >= 15 is 0 Å². The summed E-state index contributed by atoms with van der Waals surface area (Å²) in [6.07, 6.45) is 9.54. The van der Waals surface area contributed by atoms with Gasteiger partial charge in [-0.2, -0.15) is 15.4 Å². The number of aromatic amines is 1. The summed E-state index contributed by atoms with van der Waals surface area (Å²) in [5.74, 6) is 0.447. The fourth-order valence-electron chi connectivity index (χ4n) is 3.45. The Hall–Kier alpha value is -1.43. The lowest BCUT2D eigenvalue weighted by Crippen LogP contribution is -2.36. The van der Waals surface area contributed by atoms with E-state index in [0.29, 0.717) is 11.6 Å². The van der Waals surface area contributed by atoms with Crippen molar-refractivity contribution in [1.82, 2.24) is 25.6 Å². The molecular weight excluding hydrogens is 254 g/mol. The standard InChI is InChI=1S/C14H23N5O/c20-14(13-9-16-18-17-13)15-8-11-6-7-19(10-11)12-4-2-1-3-5-12/h9,11-12H,1-8,10H2,(H,15,20)(H,16,17,18)/t11-/m1/s1. The van der Waals surface area contributed by atoms with Crippen molar-refractivity contribution >= 4 is 5.91 Å². The van der Waals surface area contributed by atoms with Gasteiger partial charge in [-0.1, -0.05) is 19.3 Å². The quantitative estimate of drug-likeness (QED) is 0.867. The molecule has 1 aliphatic carbocycles. The number of rotatable bonds is 4. The van der Waals surface area contributed by atoms with Crippen molar-refractivity contribution in [3.63, 3.8) is 0 Å². The number of carbonyl (C=O) groups is 1. The zero-order valence-electron chi connectivity index (χ0n) is 11.8. The molecule has 20 heavy (non-hydrogen) atoms. The van der Waals surface area contributed by atoms with E-state index < -0.39 is 0 Å². The van der Waals surface area contributed by atoms with Crippen LogP contribution in [0.3, 0.4) is 0 Å². The highest BCUT2D eigenvalue weighted by Crippen LogP contribution is 2.27. The van der Waals surface area contributed by atoms with Crippen molar-refractivity contribution < 1.29 is 4.79 Å². The van der Waals surface area contributed by atoms with Crippen molar-refractivity contribution in [3.8, 4) is 0 Å². The molecule has 2 N–H and O–H groups in total. The molecule has 0 aromatic carbocycles. The third-order valence-electron chi connectivity index (χ3n) is 4.61. The first-order valence-electron chi connectivity index (χ1n) is 7.71. The number of aromatic nitrogens is 3. The maximum absolute atomic E-state index is 11.8. The summed E-state index contributed by atoms with van der Waals surface area (Å²) >= 11 is 0. The smallest absolute Gasteiger partial charge is 0.273 e. The molecule has 3 rings (SSSR count). The van der Waals surface area contributed by atoms with Gasteiger partial charge in [-0.05, 0) is 31.7 Å². The van der Waals surface area contributed by atoms with Gasteiger partial charge in [-0.25, -0.2) is 0 Å². The number of nitrogens with zero attached hydrogens (tertiary/aromatic N) is 3. The lowest BCUT2D eigenvalue weighted by atomic mass is 9.94. The van der Waals surface area contributed by atoms with Gasteiger partial charge in [0.05, 0.1) is 6.20 Å². The van der Waals surface area contributed by atoms with Crippen molar-refractivity contribution in [2.24, 2.45) is 5.92 Å². The Morgan fingerprint density at radius 1 is 1.35 bits per heavy atom. The molecule has 1 amide bonds. The first-order valence-corrected chi connectivity index (χ1v) is 7.71. The van der Waals surface area contributed by atoms with Crippen LogP contribution < -0.4 is 5.32 Å². The molecule has 2 heterocycles. The minimum absolute atomic E-state index is 0.130. The Bertz CT molecular complexity index is 427. The molecule has 110 valence electrons. The number of nitrogens with one attached hydrogen (secondary N) is 2. The van der Waals surface area contributed by atoms with Gasteiger partial charge in [-0.3, -0.25) is 4.79 Å². The monoisotopic (exact) mass is 277 g/mol. The summed E-state index contributed by atoms with van der Waals surface area (Å²) in [5.41, 5.74) is 0.368. The van der Waals surface area contributed by atoms with Crippen LogP contribution in [0.5, 0.6) is 0 Å². The average molecular weight is 277 g/mol. The highest BCUT2D eigenvalue weighted by Gasteiger charge is 2.29. The number of likely N-dealkylation sites (tertiary alicyclic amines) is 1. The summed E-state index contributed by atoms with van der Waals surface area (Å²) in [4.78, 5) is 14.4. The Balaban J connectivity index is 1.42. The molecule has 1 saturated heterocycles. The van der Waals surface area contributed by atoms with Gasteiger partial charge in [0.15, 0.2) is 5.69 Å². The van der Waals surface area contributed by atoms with Crippen molar-refractivity contribution in [3.05, 3.63) is 11.9 Å². The second-order valence-electron chi connectivity index (χ2n) is 6.01. The average Bonchev–Trinajstić information content (AvgIpc) is 3.17. The van der Waals surface area contributed by atoms with E-state index in [2.05, 4.69) is 25.6 Å². The molecule has 1 saturated carbocycles. The Labute approximate surface area is 119 Å². The van der Waals surface area contributed by atoms with Crippen LogP contribution in [0.1, 0.15) is 49.0 Å². The van der Waals surface area contributed by atoms with E-state index in [0.717, 1.165) is 19.1 Å². The van der Waals surface area contributed by atoms with Gasteiger partial charge < -0.3 is 10.2 Å². The summed E-state index contributed by atoms with van der Waals surface area (Å²) in [7, 11) is 0. The largest absolute Gasteiger partial charge is 0.350 e. The molecule has 1 atom stereocenters. The van der Waals surface area contributed by atoms with Crippen LogP contribution in [0, 0.1) is 5.92 Å². The van der Waals surface area contributed by atoms with Crippen LogP contribution in [0.25, 0.3) is 0 Å². The van der Waals surface area contributed by atoms with Crippen LogP contribution >= 0.6 is 0 Å². The summed E-state index contributed by atoms with van der Waals surface area (Å²) in [6.45, 7) is 3.06. The van der Waals surface area contributed by atoms with E-state index in [-0.39, 0.29) is 5.91 Å². The maximum Gasteiger partial charge on any atom is 0.273 e. The number of hydrogen-bond donors (Lipinski definition) is 2. The first kappa shape index (κ1) is 13.5. The fraction of sp³-hybridized carbons (Fsp3) is 0.786. The van der Waals surface area contributed by atoms with E-state index in [4.69, 9.17) is 0 Å². The highest BCUT2D eigenvalue weighted by atomic mass is 16.1. The molecule has 0 radical (unpaired) electrons. The first-order chi connectivity index (χ1) is 9.83. The number of H-pyrrole nitrogens is 1. The molecule has 2 fully saturated rings. The SMILES string of the molecule is O=C(NC[C@H]1CCN(C2CCCCC2)C1)c1cn[nH]n1. The molecular formula is C14H23N5O. The third kappa shape index (κ3) is 3.17. The molecule has 6 nitrogen and oxygen atoms in total. The Kier molecular flexibility index (Phi) is 4.30. The molecule has 0 spiro atoms. The molecule has 0 unspecified atom stereocenters. The lowest BCUT2D eigenvalue weighted by Gasteiger charge is -2.31. The normalized spacial score (nSPS) is 24.9. The topological polar surface area (TPSA) is 73.9 Å². The Morgan fingerprint density at radius 3 is 2.95 bits per heavy atom. The number of amides is 1. The minimum Gasteiger partial charge on any atom is -0.350 e. The molecule has 1 aromatic rings. The minimum atomic E-state index is -0.130. The van der Waals surface area contributed by atoms with Crippen LogP contribution in [0.4, 0.5) is 0 Å². The van der Waals surface area contributed by atoms with Crippen LogP contribution in [0.15, 0.2) is 6.20 Å². The Morgan fingerprint density at radius 2 is 2.20 bits per heavy atom. The van der Waals surface area contributed by atoms with Crippen LogP contribution in [0.2, 0.25) is 0 Å². The molecule has 6 heteroatoms. The molecule has 1 aromatic heterocycles. The predicted molar refractivity (Wildman–Crippen MR) is 75.3 cm³/mol. The van der Waals surface area contributed by atoms with Crippen LogP contribution in [-0.4, -0.2) is 51.9 Å². The van der Waals surface area contributed by atoms with Gasteiger partial charge in [0.1, 0.15) is 0 Å². The fourth-order valence-corrected chi connectivity index (χ4v) is 3.45. The van der Waals surface area contributed by atoms with Gasteiger partial charge in [0.25, 0.3) is 5.91 Å². The molecule has 2 aliphatic rings. The zero-order chi connectivity index (χ0) is 13.8. The maximum atomic E-state index is 11.8. The van der Waals surface area contributed by atoms with E-state index in [9.17, 15) is 4.79 Å². The second kappa shape index (κ2) is 6.35. The lowest BCUT2D eigenvalue weighted by molar-refractivity contribution is 0.0941. The number of hydrogen-bond acceptors (Lipinski definition) is 4. The van der Waals surface area contributed by atoms with Gasteiger partial charge in [0, 0.05) is 19.1 Å². The molecule has 0 bridgehead atoms. The zero-order valence-corrected chi connectivity index (χ0v) is 11.8. The predicted octanol–water partition coefficient (Wildman–Crippen LogP) is 1.19. The van der Waals surface area contributed by atoms with E-state index in [1.54, 1.807) is 0 Å². The summed E-state index contributed by atoms with van der Waals surface area (Å²) < 4.78 is 0. The summed E-state index contributed by atoms with van der Waals surface area (Å²) in [6, 6.07) is 0.792. The van der Waals surface area contributed by atoms with E-state index in [1.165, 1.54) is 51.3 Å². The van der Waals surface area contributed by atoms with Gasteiger partial charge in [-0.15, -0.1) is 0 Å². The van der Waals surface area contributed by atoms with Crippen molar-refractivity contribution in [2.75, 3.05) is 19.6 Å². The van der Waals surface area contributed by atoms with Crippen LogP contribution in [-0.2, 0) is 0 Å². The van der Waals surface area contributed by atoms with Crippen molar-refractivity contribution in [2.45, 2.75) is 44.6 Å². The molecule has 1 aliphatic heterocycles.